The van der Waals surface area contributed by atoms with E-state index < -0.39 is 11.6 Å². The van der Waals surface area contributed by atoms with Gasteiger partial charge in [0.25, 0.3) is 0 Å². The second-order valence-corrected chi connectivity index (χ2v) is 4.85. The molecule has 0 heterocycles. The van der Waals surface area contributed by atoms with Crippen LogP contribution in [0, 0.1) is 11.6 Å². The number of hydrogen-bond acceptors (Lipinski definition) is 2. The van der Waals surface area contributed by atoms with E-state index in [-0.39, 0.29) is 12.2 Å². The van der Waals surface area contributed by atoms with Crippen molar-refractivity contribution in [1.82, 2.24) is 0 Å². The van der Waals surface area contributed by atoms with Gasteiger partial charge < -0.3 is 10.1 Å². The Bertz CT molecular complexity index is 567. The maximum atomic E-state index is 13.4. The summed E-state index contributed by atoms with van der Waals surface area (Å²) < 4.78 is 31.9. The van der Waals surface area contributed by atoms with Crippen molar-refractivity contribution in [2.45, 2.75) is 26.5 Å². The lowest BCUT2D eigenvalue weighted by Gasteiger charge is -2.11. The van der Waals surface area contributed by atoms with Gasteiger partial charge in [-0.25, -0.2) is 8.78 Å². The zero-order valence-corrected chi connectivity index (χ0v) is 11.5. The first kappa shape index (κ1) is 14.3. The molecule has 2 nitrogen and oxygen atoms in total. The van der Waals surface area contributed by atoms with E-state index >= 15 is 0 Å². The lowest BCUT2D eigenvalue weighted by atomic mass is 10.2. The second kappa shape index (κ2) is 6.37. The van der Waals surface area contributed by atoms with Gasteiger partial charge in [-0.2, -0.15) is 0 Å². The summed E-state index contributed by atoms with van der Waals surface area (Å²) in [5, 5.41) is 3.26. The Morgan fingerprint density at radius 2 is 1.75 bits per heavy atom. The zero-order valence-electron chi connectivity index (χ0n) is 11.5. The van der Waals surface area contributed by atoms with Crippen LogP contribution < -0.4 is 10.1 Å². The molecule has 0 aliphatic heterocycles. The van der Waals surface area contributed by atoms with Crippen LogP contribution in [0.15, 0.2) is 42.5 Å². The molecule has 0 bridgehead atoms. The monoisotopic (exact) mass is 277 g/mol. The summed E-state index contributed by atoms with van der Waals surface area (Å²) in [5.74, 6) is -0.325. The summed E-state index contributed by atoms with van der Waals surface area (Å²) in [7, 11) is 0. The lowest BCUT2D eigenvalue weighted by molar-refractivity contribution is 0.299. The summed E-state index contributed by atoms with van der Waals surface area (Å²) >= 11 is 0. The van der Waals surface area contributed by atoms with Crippen molar-refractivity contribution in [3.63, 3.8) is 0 Å². The summed E-state index contributed by atoms with van der Waals surface area (Å²) in [6.45, 7) is 4.11. The largest absolute Gasteiger partial charge is 0.489 e. The van der Waals surface area contributed by atoms with Crippen LogP contribution in [0.1, 0.15) is 19.4 Å². The number of rotatable bonds is 5. The Labute approximate surface area is 117 Å². The molecular weight excluding hydrogens is 260 g/mol. The first-order chi connectivity index (χ1) is 9.54. The molecule has 0 radical (unpaired) electrons. The molecule has 0 saturated carbocycles. The third kappa shape index (κ3) is 3.95. The van der Waals surface area contributed by atoms with Crippen LogP contribution in [0.25, 0.3) is 0 Å². The van der Waals surface area contributed by atoms with Crippen molar-refractivity contribution in [3.8, 4) is 5.75 Å². The molecule has 0 aliphatic carbocycles. The van der Waals surface area contributed by atoms with E-state index in [4.69, 9.17) is 4.74 Å². The van der Waals surface area contributed by atoms with Gasteiger partial charge in [0.2, 0.25) is 0 Å². The molecule has 2 rings (SSSR count). The summed E-state index contributed by atoms with van der Waals surface area (Å²) in [6.07, 6.45) is 0. The van der Waals surface area contributed by atoms with Crippen molar-refractivity contribution >= 4 is 5.69 Å². The molecule has 0 aromatic heterocycles. The molecule has 0 atom stereocenters. The standard InChI is InChI=1S/C16H17F2NO/c1-11(2)19-14-4-6-15(7-5-14)20-10-12-9-13(17)3-8-16(12)18/h3-9,11,19H,10H2,1-2H3. The predicted octanol–water partition coefficient (Wildman–Crippen LogP) is 4.36. The SMILES string of the molecule is CC(C)Nc1ccc(OCc2cc(F)ccc2F)cc1. The van der Waals surface area contributed by atoms with E-state index in [2.05, 4.69) is 19.2 Å². The Balaban J connectivity index is 1.98. The smallest absolute Gasteiger partial charge is 0.130 e. The summed E-state index contributed by atoms with van der Waals surface area (Å²) in [5.41, 5.74) is 1.19. The van der Waals surface area contributed by atoms with Gasteiger partial charge in [0.15, 0.2) is 0 Å². The van der Waals surface area contributed by atoms with E-state index in [9.17, 15) is 8.78 Å². The van der Waals surface area contributed by atoms with Gasteiger partial charge in [-0.1, -0.05) is 0 Å². The predicted molar refractivity (Wildman–Crippen MR) is 75.9 cm³/mol. The van der Waals surface area contributed by atoms with E-state index in [0.717, 1.165) is 23.9 Å². The molecule has 106 valence electrons. The second-order valence-electron chi connectivity index (χ2n) is 4.85. The molecule has 2 aromatic carbocycles. The molecule has 0 fully saturated rings. The molecule has 0 amide bonds. The van der Waals surface area contributed by atoms with Gasteiger partial charge >= 0.3 is 0 Å². The van der Waals surface area contributed by atoms with Crippen molar-refractivity contribution in [2.24, 2.45) is 0 Å². The lowest BCUT2D eigenvalue weighted by Crippen LogP contribution is -2.09. The van der Waals surface area contributed by atoms with Gasteiger partial charge in [0, 0.05) is 17.3 Å². The fourth-order valence-corrected chi connectivity index (χ4v) is 1.80. The fraction of sp³-hybridized carbons (Fsp3) is 0.250. The highest BCUT2D eigenvalue weighted by Gasteiger charge is 2.05. The molecule has 0 spiro atoms. The molecule has 4 heteroatoms. The van der Waals surface area contributed by atoms with Crippen LogP contribution in [-0.4, -0.2) is 6.04 Å². The average molecular weight is 277 g/mol. The van der Waals surface area contributed by atoms with Crippen molar-refractivity contribution in [1.29, 1.82) is 0 Å². The number of ether oxygens (including phenoxy) is 1. The maximum Gasteiger partial charge on any atom is 0.130 e. The molecular formula is C16H17F2NO. The van der Waals surface area contributed by atoms with Gasteiger partial charge in [-0.05, 0) is 56.3 Å². The van der Waals surface area contributed by atoms with Crippen LogP contribution in [-0.2, 0) is 6.61 Å². The van der Waals surface area contributed by atoms with Gasteiger partial charge in [-0.3, -0.25) is 0 Å². The van der Waals surface area contributed by atoms with Crippen LogP contribution in [0.5, 0.6) is 5.75 Å². The Morgan fingerprint density at radius 1 is 1.05 bits per heavy atom. The van der Waals surface area contributed by atoms with E-state index in [1.54, 1.807) is 12.1 Å². The highest BCUT2D eigenvalue weighted by Crippen LogP contribution is 2.18. The van der Waals surface area contributed by atoms with Crippen molar-refractivity contribution in [3.05, 3.63) is 59.7 Å². The molecule has 20 heavy (non-hydrogen) atoms. The van der Waals surface area contributed by atoms with E-state index in [1.165, 1.54) is 0 Å². The number of halogens is 2. The highest BCUT2D eigenvalue weighted by atomic mass is 19.1. The Morgan fingerprint density at radius 3 is 2.40 bits per heavy atom. The minimum Gasteiger partial charge on any atom is -0.489 e. The molecule has 2 aromatic rings. The first-order valence-electron chi connectivity index (χ1n) is 6.48. The van der Waals surface area contributed by atoms with Crippen molar-refractivity contribution in [2.75, 3.05) is 5.32 Å². The van der Waals surface area contributed by atoms with Crippen LogP contribution >= 0.6 is 0 Å². The van der Waals surface area contributed by atoms with Crippen LogP contribution in [0.2, 0.25) is 0 Å². The summed E-state index contributed by atoms with van der Waals surface area (Å²) in [4.78, 5) is 0. The van der Waals surface area contributed by atoms with Gasteiger partial charge in [-0.15, -0.1) is 0 Å². The normalized spacial score (nSPS) is 10.7. The number of anilines is 1. The van der Waals surface area contributed by atoms with E-state index in [1.807, 2.05) is 12.1 Å². The Kier molecular flexibility index (Phi) is 4.56. The van der Waals surface area contributed by atoms with Gasteiger partial charge in [0.05, 0.1) is 0 Å². The Hall–Kier alpha value is -2.10. The summed E-state index contributed by atoms with van der Waals surface area (Å²) in [6, 6.07) is 11.0. The minimum absolute atomic E-state index is 0.000545. The zero-order chi connectivity index (χ0) is 14.5. The quantitative estimate of drug-likeness (QED) is 0.876. The highest BCUT2D eigenvalue weighted by molar-refractivity contribution is 5.46. The number of hydrogen-bond donors (Lipinski definition) is 1. The van der Waals surface area contributed by atoms with Crippen LogP contribution in [0.4, 0.5) is 14.5 Å². The molecule has 0 saturated heterocycles. The number of nitrogens with one attached hydrogen (secondary N) is 1. The first-order valence-corrected chi connectivity index (χ1v) is 6.48. The topological polar surface area (TPSA) is 21.3 Å². The van der Waals surface area contributed by atoms with Crippen LogP contribution in [0.3, 0.4) is 0 Å². The minimum atomic E-state index is -0.471. The third-order valence-corrected chi connectivity index (χ3v) is 2.71. The molecule has 0 aliphatic rings. The molecule has 0 unspecified atom stereocenters. The average Bonchev–Trinajstić information content (AvgIpc) is 2.41. The number of benzene rings is 2. The van der Waals surface area contributed by atoms with Crippen molar-refractivity contribution < 1.29 is 13.5 Å². The molecule has 1 N–H and O–H groups in total. The maximum absolute atomic E-state index is 13.4. The fourth-order valence-electron chi connectivity index (χ4n) is 1.80. The third-order valence-electron chi connectivity index (χ3n) is 2.71. The van der Waals surface area contributed by atoms with E-state index in [0.29, 0.717) is 11.8 Å². The van der Waals surface area contributed by atoms with Gasteiger partial charge in [0.1, 0.15) is 24.0 Å².